The van der Waals surface area contributed by atoms with Crippen molar-refractivity contribution >= 4 is 18.3 Å². The summed E-state index contributed by atoms with van der Waals surface area (Å²) >= 11 is 0. The summed E-state index contributed by atoms with van der Waals surface area (Å²) in [7, 11) is 0. The minimum Gasteiger partial charge on any atom is -0.387 e. The number of halogens is 2. The van der Waals surface area contributed by atoms with Crippen molar-refractivity contribution in [2.45, 2.75) is 31.9 Å². The van der Waals surface area contributed by atoms with Gasteiger partial charge in [-0.25, -0.2) is 4.39 Å². The Kier molecular flexibility index (Phi) is 8.30. The molecule has 1 aromatic rings. The van der Waals surface area contributed by atoms with E-state index in [1.165, 1.54) is 24.3 Å². The highest BCUT2D eigenvalue weighted by molar-refractivity contribution is 5.85. The Morgan fingerprint density at radius 3 is 2.53 bits per heavy atom. The zero-order chi connectivity index (χ0) is 13.5. The zero-order valence-electron chi connectivity index (χ0n) is 10.8. The summed E-state index contributed by atoms with van der Waals surface area (Å²) in [6.07, 6.45) is 0.122. The van der Waals surface area contributed by atoms with Crippen molar-refractivity contribution in [1.29, 1.82) is 0 Å². The summed E-state index contributed by atoms with van der Waals surface area (Å²) in [5, 5.41) is 12.4. The van der Waals surface area contributed by atoms with Gasteiger partial charge in [-0.05, 0) is 31.0 Å². The molecule has 19 heavy (non-hydrogen) atoms. The number of benzene rings is 1. The number of hydrogen-bond donors (Lipinski definition) is 3. The number of aliphatic hydroxyl groups excluding tert-OH is 1. The Balaban J connectivity index is 0.00000324. The van der Waals surface area contributed by atoms with E-state index in [0.29, 0.717) is 18.4 Å². The molecule has 0 aliphatic carbocycles. The molecule has 0 aliphatic heterocycles. The Hall–Kier alpha value is -1.17. The fraction of sp³-hybridized carbons (Fsp3) is 0.462. The van der Waals surface area contributed by atoms with Crippen LogP contribution in [0.4, 0.5) is 4.39 Å². The number of nitrogens with two attached hydrogens (primary N) is 1. The third-order valence-electron chi connectivity index (χ3n) is 2.57. The Morgan fingerprint density at radius 1 is 1.42 bits per heavy atom. The van der Waals surface area contributed by atoms with Gasteiger partial charge in [0.1, 0.15) is 5.82 Å². The molecule has 4 N–H and O–H groups in total. The van der Waals surface area contributed by atoms with Crippen molar-refractivity contribution < 1.29 is 14.3 Å². The topological polar surface area (TPSA) is 75.4 Å². The maximum absolute atomic E-state index is 12.7. The lowest BCUT2D eigenvalue weighted by molar-refractivity contribution is -0.121. The van der Waals surface area contributed by atoms with Crippen molar-refractivity contribution in [1.82, 2.24) is 5.32 Å². The molecule has 2 atom stereocenters. The van der Waals surface area contributed by atoms with Crippen molar-refractivity contribution in [3.8, 4) is 0 Å². The first-order valence-corrected chi connectivity index (χ1v) is 5.95. The van der Waals surface area contributed by atoms with Gasteiger partial charge in [0.2, 0.25) is 5.91 Å². The quantitative estimate of drug-likeness (QED) is 0.744. The average Bonchev–Trinajstić information content (AvgIpc) is 2.34. The highest BCUT2D eigenvalue weighted by atomic mass is 35.5. The van der Waals surface area contributed by atoms with E-state index in [4.69, 9.17) is 5.73 Å². The van der Waals surface area contributed by atoms with Gasteiger partial charge in [0.05, 0.1) is 6.10 Å². The SMILES string of the molecule is CC(N)CCC(=O)NCC(O)c1ccc(F)cc1.Cl. The van der Waals surface area contributed by atoms with E-state index in [0.717, 1.165) is 0 Å². The summed E-state index contributed by atoms with van der Waals surface area (Å²) in [4.78, 5) is 11.4. The monoisotopic (exact) mass is 290 g/mol. The van der Waals surface area contributed by atoms with Gasteiger partial charge in [-0.1, -0.05) is 12.1 Å². The molecule has 0 radical (unpaired) electrons. The second-order valence-corrected chi connectivity index (χ2v) is 4.39. The van der Waals surface area contributed by atoms with Gasteiger partial charge in [0, 0.05) is 19.0 Å². The molecule has 4 nitrogen and oxygen atoms in total. The van der Waals surface area contributed by atoms with E-state index in [9.17, 15) is 14.3 Å². The molecule has 0 aromatic heterocycles. The van der Waals surface area contributed by atoms with Gasteiger partial charge in [0.25, 0.3) is 0 Å². The molecule has 1 amide bonds. The second kappa shape index (κ2) is 8.85. The number of carbonyl (C=O) groups excluding carboxylic acids is 1. The van der Waals surface area contributed by atoms with Crippen LogP contribution in [0.5, 0.6) is 0 Å². The predicted molar refractivity (Wildman–Crippen MR) is 74.5 cm³/mol. The fourth-order valence-corrected chi connectivity index (χ4v) is 1.46. The molecule has 108 valence electrons. The molecule has 1 rings (SSSR count). The predicted octanol–water partition coefficient (Wildman–Crippen LogP) is 1.52. The number of hydrogen-bond acceptors (Lipinski definition) is 3. The van der Waals surface area contributed by atoms with E-state index in [1.54, 1.807) is 0 Å². The molecule has 0 saturated carbocycles. The van der Waals surface area contributed by atoms with E-state index < -0.39 is 6.10 Å². The maximum atomic E-state index is 12.7. The summed E-state index contributed by atoms with van der Waals surface area (Å²) in [5.41, 5.74) is 6.11. The third-order valence-corrected chi connectivity index (χ3v) is 2.57. The first-order chi connectivity index (χ1) is 8.49. The molecule has 0 aliphatic rings. The van der Waals surface area contributed by atoms with E-state index in [2.05, 4.69) is 5.32 Å². The Labute approximate surface area is 118 Å². The third kappa shape index (κ3) is 7.10. The molecule has 6 heteroatoms. The molecule has 0 fully saturated rings. The summed E-state index contributed by atoms with van der Waals surface area (Å²) in [6.45, 7) is 1.95. The molecule has 1 aromatic carbocycles. The van der Waals surface area contributed by atoms with Crippen LogP contribution >= 0.6 is 12.4 Å². The van der Waals surface area contributed by atoms with Crippen LogP contribution in [0.15, 0.2) is 24.3 Å². The van der Waals surface area contributed by atoms with Gasteiger partial charge in [-0.2, -0.15) is 0 Å². The molecule has 0 bridgehead atoms. The maximum Gasteiger partial charge on any atom is 0.220 e. The minimum absolute atomic E-state index is 0. The van der Waals surface area contributed by atoms with E-state index >= 15 is 0 Å². The van der Waals surface area contributed by atoms with Gasteiger partial charge < -0.3 is 16.2 Å². The summed E-state index contributed by atoms with van der Waals surface area (Å²) < 4.78 is 12.7. The van der Waals surface area contributed by atoms with Gasteiger partial charge in [-0.15, -0.1) is 12.4 Å². The standard InChI is InChI=1S/C13H19FN2O2.ClH/c1-9(15)2-7-13(18)16-8-12(17)10-3-5-11(14)6-4-10;/h3-6,9,12,17H,2,7-8,15H2,1H3,(H,16,18);1H. The highest BCUT2D eigenvalue weighted by Gasteiger charge is 2.09. The second-order valence-electron chi connectivity index (χ2n) is 4.39. The smallest absolute Gasteiger partial charge is 0.220 e. The first kappa shape index (κ1) is 17.8. The molecular weight excluding hydrogens is 271 g/mol. The van der Waals surface area contributed by atoms with Crippen LogP contribution in [0.3, 0.4) is 0 Å². The lowest BCUT2D eigenvalue weighted by Gasteiger charge is -2.12. The van der Waals surface area contributed by atoms with Crippen molar-refractivity contribution in [2.75, 3.05) is 6.54 Å². The molecule has 0 spiro atoms. The average molecular weight is 291 g/mol. The van der Waals surface area contributed by atoms with Crippen LogP contribution in [0, 0.1) is 5.82 Å². The lowest BCUT2D eigenvalue weighted by atomic mass is 10.1. The van der Waals surface area contributed by atoms with Crippen molar-refractivity contribution in [3.05, 3.63) is 35.6 Å². The highest BCUT2D eigenvalue weighted by Crippen LogP contribution is 2.12. The van der Waals surface area contributed by atoms with Crippen LogP contribution in [-0.2, 0) is 4.79 Å². The van der Waals surface area contributed by atoms with E-state index in [-0.39, 0.29) is 36.7 Å². The lowest BCUT2D eigenvalue weighted by Crippen LogP contribution is -2.29. The van der Waals surface area contributed by atoms with Crippen LogP contribution in [0.1, 0.15) is 31.4 Å². The van der Waals surface area contributed by atoms with Crippen molar-refractivity contribution in [3.63, 3.8) is 0 Å². The van der Waals surface area contributed by atoms with Crippen LogP contribution in [0.2, 0.25) is 0 Å². The number of carbonyl (C=O) groups is 1. The Bertz CT molecular complexity index is 385. The van der Waals surface area contributed by atoms with Gasteiger partial charge in [0.15, 0.2) is 0 Å². The molecule has 0 saturated heterocycles. The number of rotatable bonds is 6. The normalized spacial score (nSPS) is 13.3. The zero-order valence-corrected chi connectivity index (χ0v) is 11.6. The van der Waals surface area contributed by atoms with Gasteiger partial charge >= 0.3 is 0 Å². The van der Waals surface area contributed by atoms with Crippen LogP contribution in [-0.4, -0.2) is 23.6 Å². The fourth-order valence-electron chi connectivity index (χ4n) is 1.46. The largest absolute Gasteiger partial charge is 0.387 e. The molecule has 2 unspecified atom stereocenters. The summed E-state index contributed by atoms with van der Waals surface area (Å²) in [5.74, 6) is -0.500. The van der Waals surface area contributed by atoms with Gasteiger partial charge in [-0.3, -0.25) is 4.79 Å². The molecule has 0 heterocycles. The summed E-state index contributed by atoms with van der Waals surface area (Å²) in [6, 6.07) is 5.52. The van der Waals surface area contributed by atoms with Crippen molar-refractivity contribution in [2.24, 2.45) is 5.73 Å². The number of nitrogens with one attached hydrogen (secondary N) is 1. The Morgan fingerprint density at radius 2 is 2.00 bits per heavy atom. The molecular formula is C13H20ClFN2O2. The van der Waals surface area contributed by atoms with Crippen LogP contribution < -0.4 is 11.1 Å². The minimum atomic E-state index is -0.829. The first-order valence-electron chi connectivity index (χ1n) is 5.95. The van der Waals surface area contributed by atoms with E-state index in [1.807, 2.05) is 6.92 Å². The number of amides is 1. The van der Waals surface area contributed by atoms with Crippen LogP contribution in [0.25, 0.3) is 0 Å². The number of aliphatic hydroxyl groups is 1.